The number of esters is 1. The third kappa shape index (κ3) is 5.90. The van der Waals surface area contributed by atoms with E-state index in [0.717, 1.165) is 0 Å². The van der Waals surface area contributed by atoms with E-state index in [-0.39, 0.29) is 11.5 Å². The zero-order valence-corrected chi connectivity index (χ0v) is 14.7. The summed E-state index contributed by atoms with van der Waals surface area (Å²) in [6.07, 6.45) is 0. The Balaban J connectivity index is 2.56. The highest BCUT2D eigenvalue weighted by molar-refractivity contribution is 9.10. The molecule has 2 N–H and O–H groups in total. The molecular weight excluding hydrogens is 368 g/mol. The fourth-order valence-corrected chi connectivity index (χ4v) is 2.08. The summed E-state index contributed by atoms with van der Waals surface area (Å²) in [6.45, 7) is 3.31. The lowest BCUT2D eigenvalue weighted by molar-refractivity contribution is -0.130. The number of carbonyl (C=O) groups excluding carboxylic acids is 3. The number of carbonyl (C=O) groups is 3. The summed E-state index contributed by atoms with van der Waals surface area (Å²) < 4.78 is 10.5. The molecule has 0 unspecified atom stereocenters. The molecule has 0 heterocycles. The lowest BCUT2D eigenvalue weighted by atomic mass is 10.2. The maximum absolute atomic E-state index is 12.0. The van der Waals surface area contributed by atoms with E-state index in [0.29, 0.717) is 16.8 Å². The number of ether oxygens (including phenoxy) is 2. The smallest absolute Gasteiger partial charge is 0.339 e. The van der Waals surface area contributed by atoms with E-state index < -0.39 is 24.5 Å². The number of benzene rings is 1. The van der Waals surface area contributed by atoms with Crippen LogP contribution in [-0.4, -0.2) is 44.1 Å². The van der Waals surface area contributed by atoms with Crippen LogP contribution >= 0.6 is 15.9 Å². The van der Waals surface area contributed by atoms with Gasteiger partial charge in [0.05, 0.1) is 12.7 Å². The van der Waals surface area contributed by atoms with Gasteiger partial charge in [0, 0.05) is 11.0 Å². The van der Waals surface area contributed by atoms with E-state index in [1.807, 2.05) is 0 Å². The van der Waals surface area contributed by atoms with Gasteiger partial charge in [-0.3, -0.25) is 9.59 Å². The van der Waals surface area contributed by atoms with Gasteiger partial charge in [0.1, 0.15) is 11.8 Å². The van der Waals surface area contributed by atoms with Gasteiger partial charge in [-0.05, 0) is 48.0 Å². The number of hydrogen-bond donors (Lipinski definition) is 2. The minimum atomic E-state index is -0.704. The zero-order valence-electron chi connectivity index (χ0n) is 13.1. The summed E-state index contributed by atoms with van der Waals surface area (Å²) in [5.74, 6) is -1.04. The summed E-state index contributed by atoms with van der Waals surface area (Å²) >= 11 is 3.23. The first-order valence-corrected chi connectivity index (χ1v) is 7.76. The Labute approximate surface area is 142 Å². The molecule has 0 aromatic heterocycles. The largest absolute Gasteiger partial charge is 0.497 e. The minimum absolute atomic E-state index is 0.244. The van der Waals surface area contributed by atoms with Gasteiger partial charge in [0.15, 0.2) is 6.61 Å². The van der Waals surface area contributed by atoms with Gasteiger partial charge in [0.2, 0.25) is 5.91 Å². The third-order valence-electron chi connectivity index (χ3n) is 2.85. The fraction of sp³-hybridized carbons (Fsp3) is 0.400. The van der Waals surface area contributed by atoms with Crippen molar-refractivity contribution in [1.82, 2.24) is 10.6 Å². The molecule has 1 aromatic carbocycles. The molecule has 1 atom stereocenters. The number of nitrogens with one attached hydrogen (secondary N) is 2. The van der Waals surface area contributed by atoms with Crippen LogP contribution in [0, 0.1) is 0 Å². The molecule has 0 fully saturated rings. The molecule has 23 heavy (non-hydrogen) atoms. The van der Waals surface area contributed by atoms with Crippen LogP contribution in [-0.2, 0) is 14.3 Å². The summed E-state index contributed by atoms with van der Waals surface area (Å²) in [6, 6.07) is 4.13. The van der Waals surface area contributed by atoms with Crippen molar-refractivity contribution in [2.24, 2.45) is 0 Å². The molecule has 0 saturated heterocycles. The van der Waals surface area contributed by atoms with E-state index in [9.17, 15) is 14.4 Å². The van der Waals surface area contributed by atoms with Crippen LogP contribution in [0.4, 0.5) is 0 Å². The lowest BCUT2D eigenvalue weighted by Gasteiger charge is -2.13. The Kier molecular flexibility index (Phi) is 7.53. The van der Waals surface area contributed by atoms with Gasteiger partial charge in [-0.1, -0.05) is 0 Å². The standard InChI is InChI=1S/C15H19BrN2O5/c1-4-17-14(20)9(2)18-13(19)8-23-15(21)11-7-10(22-3)5-6-12(11)16/h5-7,9H,4,8H2,1-3H3,(H,17,20)(H,18,19)/t9-/m1/s1. The second-order valence-corrected chi connectivity index (χ2v) is 5.46. The predicted molar refractivity (Wildman–Crippen MR) is 87.3 cm³/mol. The predicted octanol–water partition coefficient (Wildman–Crippen LogP) is 1.26. The highest BCUT2D eigenvalue weighted by atomic mass is 79.9. The molecule has 0 aliphatic rings. The Morgan fingerprint density at radius 2 is 2.00 bits per heavy atom. The van der Waals surface area contributed by atoms with Crippen molar-refractivity contribution >= 4 is 33.7 Å². The second-order valence-electron chi connectivity index (χ2n) is 4.61. The molecule has 0 radical (unpaired) electrons. The highest BCUT2D eigenvalue weighted by Gasteiger charge is 2.18. The first kappa shape index (κ1) is 19.0. The van der Waals surface area contributed by atoms with Gasteiger partial charge in [-0.15, -0.1) is 0 Å². The Bertz CT molecular complexity index is 591. The molecule has 8 heteroatoms. The maximum Gasteiger partial charge on any atom is 0.339 e. The Hall–Kier alpha value is -2.09. The number of amides is 2. The van der Waals surface area contributed by atoms with Crippen LogP contribution in [0.5, 0.6) is 5.75 Å². The van der Waals surface area contributed by atoms with Crippen molar-refractivity contribution in [2.45, 2.75) is 19.9 Å². The number of hydrogen-bond acceptors (Lipinski definition) is 5. The molecule has 0 aliphatic carbocycles. The lowest BCUT2D eigenvalue weighted by Crippen LogP contribution is -2.46. The van der Waals surface area contributed by atoms with Crippen molar-refractivity contribution < 1.29 is 23.9 Å². The van der Waals surface area contributed by atoms with Crippen molar-refractivity contribution in [3.63, 3.8) is 0 Å². The van der Waals surface area contributed by atoms with Gasteiger partial charge in [0.25, 0.3) is 5.91 Å². The number of halogens is 1. The fourth-order valence-electron chi connectivity index (χ4n) is 1.67. The molecule has 0 saturated carbocycles. The summed E-state index contributed by atoms with van der Waals surface area (Å²) in [7, 11) is 1.48. The topological polar surface area (TPSA) is 93.7 Å². The quantitative estimate of drug-likeness (QED) is 0.687. The monoisotopic (exact) mass is 386 g/mol. The van der Waals surface area contributed by atoms with Crippen molar-refractivity contribution in [1.29, 1.82) is 0 Å². The summed E-state index contributed by atoms with van der Waals surface area (Å²) in [5, 5.41) is 5.02. The molecule has 126 valence electrons. The summed E-state index contributed by atoms with van der Waals surface area (Å²) in [4.78, 5) is 35.2. The average molecular weight is 387 g/mol. The number of methoxy groups -OCH3 is 1. The molecule has 1 rings (SSSR count). The normalized spacial score (nSPS) is 11.3. The highest BCUT2D eigenvalue weighted by Crippen LogP contribution is 2.23. The minimum Gasteiger partial charge on any atom is -0.497 e. The van der Waals surface area contributed by atoms with E-state index in [2.05, 4.69) is 26.6 Å². The number of likely N-dealkylation sites (N-methyl/N-ethyl adjacent to an activating group) is 1. The van der Waals surface area contributed by atoms with Crippen LogP contribution in [0.25, 0.3) is 0 Å². The van der Waals surface area contributed by atoms with Crippen molar-refractivity contribution in [3.05, 3.63) is 28.2 Å². The maximum atomic E-state index is 12.0. The van der Waals surface area contributed by atoms with Crippen molar-refractivity contribution in [3.8, 4) is 5.75 Å². The Morgan fingerprint density at radius 3 is 2.61 bits per heavy atom. The molecule has 2 amide bonds. The SMILES string of the molecule is CCNC(=O)[C@@H](C)NC(=O)COC(=O)c1cc(OC)ccc1Br. The van der Waals surface area contributed by atoms with Crippen molar-refractivity contribution in [2.75, 3.05) is 20.3 Å². The van der Waals surface area contributed by atoms with E-state index >= 15 is 0 Å². The van der Waals surface area contributed by atoms with Gasteiger partial charge in [-0.25, -0.2) is 4.79 Å². The number of rotatable bonds is 7. The first-order valence-electron chi connectivity index (χ1n) is 6.96. The van der Waals surface area contributed by atoms with Crippen LogP contribution in [0.1, 0.15) is 24.2 Å². The molecular formula is C15H19BrN2O5. The zero-order chi connectivity index (χ0) is 17.4. The van der Waals surface area contributed by atoms with Gasteiger partial charge in [-0.2, -0.15) is 0 Å². The Morgan fingerprint density at radius 1 is 1.30 bits per heavy atom. The average Bonchev–Trinajstić information content (AvgIpc) is 2.53. The molecule has 1 aromatic rings. The first-order chi connectivity index (χ1) is 10.9. The van der Waals surface area contributed by atoms with Crippen LogP contribution < -0.4 is 15.4 Å². The molecule has 0 spiro atoms. The second kappa shape index (κ2) is 9.14. The van der Waals surface area contributed by atoms with Gasteiger partial charge < -0.3 is 20.1 Å². The van der Waals surface area contributed by atoms with Crippen LogP contribution in [0.3, 0.4) is 0 Å². The molecule has 0 bridgehead atoms. The van der Waals surface area contributed by atoms with E-state index in [1.54, 1.807) is 26.0 Å². The molecule has 0 aliphatic heterocycles. The van der Waals surface area contributed by atoms with E-state index in [1.165, 1.54) is 13.2 Å². The van der Waals surface area contributed by atoms with Gasteiger partial charge >= 0.3 is 5.97 Å². The van der Waals surface area contributed by atoms with Crippen LogP contribution in [0.15, 0.2) is 22.7 Å². The molecule has 7 nitrogen and oxygen atoms in total. The third-order valence-corrected chi connectivity index (χ3v) is 3.54. The van der Waals surface area contributed by atoms with Crippen LogP contribution in [0.2, 0.25) is 0 Å². The van der Waals surface area contributed by atoms with E-state index in [4.69, 9.17) is 9.47 Å². The summed E-state index contributed by atoms with van der Waals surface area (Å²) in [5.41, 5.74) is 0.244.